The van der Waals surface area contributed by atoms with Gasteiger partial charge in [0.2, 0.25) is 0 Å². The van der Waals surface area contributed by atoms with E-state index in [0.29, 0.717) is 26.2 Å². The Morgan fingerprint density at radius 2 is 1.89 bits per heavy atom. The van der Waals surface area contributed by atoms with Gasteiger partial charge in [0.1, 0.15) is 0 Å². The Kier molecular flexibility index (Phi) is 7.48. The van der Waals surface area contributed by atoms with Crippen molar-refractivity contribution in [3.8, 4) is 0 Å². The number of hydrogen-bond donors (Lipinski definition) is 0. The summed E-state index contributed by atoms with van der Waals surface area (Å²) < 4.78 is 8.77. The van der Waals surface area contributed by atoms with Crippen molar-refractivity contribution < 1.29 is 9.53 Å². The Labute approximate surface area is 174 Å². The molecular formula is C22H26N2O2S2. The SMILES string of the molecule is CCOCCn1c(=NC(=O)Cc2ccc(CC)cc2)sc2cc(SC)ccc21. The molecule has 0 aliphatic carbocycles. The minimum absolute atomic E-state index is 0.119. The first-order valence-electron chi connectivity index (χ1n) is 9.55. The van der Waals surface area contributed by atoms with Crippen molar-refractivity contribution in [2.24, 2.45) is 4.99 Å². The van der Waals surface area contributed by atoms with E-state index >= 15 is 0 Å². The zero-order chi connectivity index (χ0) is 19.9. The van der Waals surface area contributed by atoms with Gasteiger partial charge in [0, 0.05) is 18.0 Å². The average molecular weight is 415 g/mol. The van der Waals surface area contributed by atoms with Gasteiger partial charge in [0.15, 0.2) is 4.80 Å². The first-order valence-corrected chi connectivity index (χ1v) is 11.6. The number of carbonyl (C=O) groups excluding carboxylic acids is 1. The Bertz CT molecular complexity index is 1000. The fraction of sp³-hybridized carbons (Fsp3) is 0.364. The Hall–Kier alpha value is -1.89. The molecule has 3 aromatic rings. The fourth-order valence-electron chi connectivity index (χ4n) is 3.00. The Morgan fingerprint density at radius 3 is 2.57 bits per heavy atom. The number of rotatable bonds is 8. The smallest absolute Gasteiger partial charge is 0.252 e. The van der Waals surface area contributed by atoms with E-state index in [2.05, 4.69) is 53.1 Å². The van der Waals surface area contributed by atoms with Crippen LogP contribution in [0.4, 0.5) is 0 Å². The van der Waals surface area contributed by atoms with Gasteiger partial charge in [-0.15, -0.1) is 11.8 Å². The van der Waals surface area contributed by atoms with Gasteiger partial charge >= 0.3 is 0 Å². The normalized spacial score (nSPS) is 12.0. The lowest BCUT2D eigenvalue weighted by molar-refractivity contribution is -0.117. The summed E-state index contributed by atoms with van der Waals surface area (Å²) in [5.41, 5.74) is 3.37. The maximum atomic E-state index is 12.6. The third-order valence-electron chi connectivity index (χ3n) is 4.56. The van der Waals surface area contributed by atoms with Crippen LogP contribution in [0.3, 0.4) is 0 Å². The van der Waals surface area contributed by atoms with Crippen LogP contribution in [0.2, 0.25) is 0 Å². The van der Waals surface area contributed by atoms with Crippen LogP contribution in [0.1, 0.15) is 25.0 Å². The second-order valence-electron chi connectivity index (χ2n) is 6.42. The van der Waals surface area contributed by atoms with Gasteiger partial charge in [0.05, 0.1) is 23.2 Å². The molecule has 4 nitrogen and oxygen atoms in total. The minimum Gasteiger partial charge on any atom is -0.380 e. The lowest BCUT2D eigenvalue weighted by Crippen LogP contribution is -2.20. The topological polar surface area (TPSA) is 43.6 Å². The van der Waals surface area contributed by atoms with Crippen molar-refractivity contribution in [3.63, 3.8) is 0 Å². The number of aromatic nitrogens is 1. The van der Waals surface area contributed by atoms with Crippen molar-refractivity contribution in [3.05, 3.63) is 58.4 Å². The number of amides is 1. The maximum absolute atomic E-state index is 12.6. The second kappa shape index (κ2) is 10.0. The van der Waals surface area contributed by atoms with E-state index in [1.807, 2.05) is 19.1 Å². The zero-order valence-electron chi connectivity index (χ0n) is 16.6. The molecular weight excluding hydrogens is 388 g/mol. The number of ether oxygens (including phenoxy) is 1. The van der Waals surface area contributed by atoms with Crippen molar-refractivity contribution in [1.82, 2.24) is 4.57 Å². The molecule has 0 saturated heterocycles. The summed E-state index contributed by atoms with van der Waals surface area (Å²) >= 11 is 3.28. The summed E-state index contributed by atoms with van der Waals surface area (Å²) in [6.07, 6.45) is 3.38. The standard InChI is InChI=1S/C22H26N2O2S2/c1-4-16-6-8-17(9-7-16)14-21(25)23-22-24(12-13-26-5-2)19-11-10-18(27-3)15-20(19)28-22/h6-11,15H,4-5,12-14H2,1-3H3. The Morgan fingerprint density at radius 1 is 1.14 bits per heavy atom. The summed E-state index contributed by atoms with van der Waals surface area (Å²) in [5.74, 6) is -0.119. The van der Waals surface area contributed by atoms with E-state index in [-0.39, 0.29) is 5.91 Å². The highest BCUT2D eigenvalue weighted by atomic mass is 32.2. The van der Waals surface area contributed by atoms with E-state index < -0.39 is 0 Å². The van der Waals surface area contributed by atoms with Gasteiger partial charge in [-0.05, 0) is 48.9 Å². The number of carbonyl (C=O) groups is 1. The molecule has 1 amide bonds. The lowest BCUT2D eigenvalue weighted by atomic mass is 10.1. The largest absolute Gasteiger partial charge is 0.380 e. The summed E-state index contributed by atoms with van der Waals surface area (Å²) in [5, 5.41) is 0. The van der Waals surface area contributed by atoms with Crippen molar-refractivity contribution in [2.45, 2.75) is 38.1 Å². The molecule has 1 aromatic heterocycles. The number of hydrogen-bond acceptors (Lipinski definition) is 4. The number of nitrogens with zero attached hydrogens (tertiary/aromatic N) is 2. The Balaban J connectivity index is 1.91. The first-order chi connectivity index (χ1) is 13.6. The van der Waals surface area contributed by atoms with Crippen molar-refractivity contribution in [1.29, 1.82) is 0 Å². The van der Waals surface area contributed by atoms with Crippen LogP contribution in [0.25, 0.3) is 10.2 Å². The molecule has 0 unspecified atom stereocenters. The van der Waals surface area contributed by atoms with Crippen LogP contribution < -0.4 is 4.80 Å². The van der Waals surface area contributed by atoms with Gasteiger partial charge in [0.25, 0.3) is 5.91 Å². The van der Waals surface area contributed by atoms with E-state index in [9.17, 15) is 4.79 Å². The third-order valence-corrected chi connectivity index (χ3v) is 6.33. The molecule has 28 heavy (non-hydrogen) atoms. The summed E-state index contributed by atoms with van der Waals surface area (Å²) in [4.78, 5) is 19.0. The molecule has 0 fully saturated rings. The monoisotopic (exact) mass is 414 g/mol. The molecule has 2 aromatic carbocycles. The number of thioether (sulfide) groups is 1. The van der Waals surface area contributed by atoms with E-state index in [1.54, 1.807) is 23.1 Å². The summed E-state index contributed by atoms with van der Waals surface area (Å²) in [6, 6.07) is 14.6. The van der Waals surface area contributed by atoms with Crippen LogP contribution in [-0.2, 0) is 28.9 Å². The van der Waals surface area contributed by atoms with E-state index in [1.165, 1.54) is 10.5 Å². The molecule has 1 heterocycles. The highest BCUT2D eigenvalue weighted by Gasteiger charge is 2.09. The molecule has 6 heteroatoms. The molecule has 0 spiro atoms. The molecule has 0 aliphatic rings. The van der Waals surface area contributed by atoms with Gasteiger partial charge < -0.3 is 9.30 Å². The quantitative estimate of drug-likeness (QED) is 0.397. The van der Waals surface area contributed by atoms with E-state index in [4.69, 9.17) is 4.74 Å². The molecule has 3 rings (SSSR count). The van der Waals surface area contributed by atoms with Gasteiger partial charge in [-0.1, -0.05) is 42.5 Å². The van der Waals surface area contributed by atoms with Crippen LogP contribution in [0.5, 0.6) is 0 Å². The summed E-state index contributed by atoms with van der Waals surface area (Å²) in [6.45, 7) is 6.08. The van der Waals surface area contributed by atoms with Crippen LogP contribution in [-0.4, -0.2) is 29.9 Å². The number of aryl methyl sites for hydroxylation is 1. The maximum Gasteiger partial charge on any atom is 0.252 e. The van der Waals surface area contributed by atoms with Crippen molar-refractivity contribution in [2.75, 3.05) is 19.5 Å². The number of benzene rings is 2. The van der Waals surface area contributed by atoms with Gasteiger partial charge in [-0.2, -0.15) is 4.99 Å². The summed E-state index contributed by atoms with van der Waals surface area (Å²) in [7, 11) is 0. The molecule has 0 bridgehead atoms. The van der Waals surface area contributed by atoms with Gasteiger partial charge in [-0.3, -0.25) is 4.79 Å². The minimum atomic E-state index is -0.119. The predicted octanol–water partition coefficient (Wildman–Crippen LogP) is 4.69. The van der Waals surface area contributed by atoms with Crippen molar-refractivity contribution >= 4 is 39.2 Å². The molecule has 0 radical (unpaired) electrons. The number of thiazole rings is 1. The van der Waals surface area contributed by atoms with Crippen LogP contribution in [0, 0.1) is 0 Å². The highest BCUT2D eigenvalue weighted by Crippen LogP contribution is 2.24. The first kappa shape index (κ1) is 20.8. The van der Waals surface area contributed by atoms with Crippen LogP contribution in [0.15, 0.2) is 52.4 Å². The molecule has 0 aliphatic heterocycles. The number of fused-ring (bicyclic) bond motifs is 1. The zero-order valence-corrected chi connectivity index (χ0v) is 18.2. The molecule has 0 N–H and O–H groups in total. The predicted molar refractivity (Wildman–Crippen MR) is 118 cm³/mol. The molecule has 0 saturated carbocycles. The van der Waals surface area contributed by atoms with Crippen LogP contribution >= 0.6 is 23.1 Å². The second-order valence-corrected chi connectivity index (χ2v) is 8.31. The molecule has 148 valence electrons. The lowest BCUT2D eigenvalue weighted by Gasteiger charge is -2.06. The third kappa shape index (κ3) is 5.13. The highest BCUT2D eigenvalue weighted by molar-refractivity contribution is 7.98. The molecule has 0 atom stereocenters. The fourth-order valence-corrected chi connectivity index (χ4v) is 4.62. The van der Waals surface area contributed by atoms with E-state index in [0.717, 1.165) is 27.0 Å². The average Bonchev–Trinajstić information content (AvgIpc) is 3.04. The van der Waals surface area contributed by atoms with Gasteiger partial charge in [-0.25, -0.2) is 0 Å².